The number of hydrogen-bond donors (Lipinski definition) is 1. The minimum atomic E-state index is -3.19. The van der Waals surface area contributed by atoms with Gasteiger partial charge in [-0.25, -0.2) is 8.42 Å². The maximum absolute atomic E-state index is 12.8. The van der Waals surface area contributed by atoms with Gasteiger partial charge in [0.15, 0.2) is 0 Å². The normalized spacial score (nSPS) is 22.6. The van der Waals surface area contributed by atoms with E-state index in [9.17, 15) is 18.0 Å². The Labute approximate surface area is 127 Å². The summed E-state index contributed by atoms with van der Waals surface area (Å²) in [4.78, 5) is 26.7. The topological polar surface area (TPSA) is 83.6 Å². The Hall–Kier alpha value is -1.11. The van der Waals surface area contributed by atoms with Gasteiger partial charge in [0.05, 0.1) is 5.75 Å². The van der Waals surface area contributed by atoms with Crippen molar-refractivity contribution in [3.63, 3.8) is 0 Å². The van der Waals surface area contributed by atoms with Gasteiger partial charge in [0.2, 0.25) is 11.8 Å². The van der Waals surface area contributed by atoms with E-state index in [4.69, 9.17) is 0 Å². The van der Waals surface area contributed by atoms with E-state index in [1.54, 1.807) is 0 Å². The van der Waals surface area contributed by atoms with Crippen LogP contribution in [0.1, 0.15) is 40.5 Å². The molecule has 122 valence electrons. The van der Waals surface area contributed by atoms with E-state index >= 15 is 0 Å². The lowest BCUT2D eigenvalue weighted by atomic mass is 9.85. The zero-order valence-corrected chi connectivity index (χ0v) is 14.3. The molecule has 7 heteroatoms. The smallest absolute Gasteiger partial charge is 0.249 e. The average Bonchev–Trinajstić information content (AvgIpc) is 2.37. The van der Waals surface area contributed by atoms with Crippen molar-refractivity contribution in [2.45, 2.75) is 52.1 Å². The fourth-order valence-electron chi connectivity index (χ4n) is 2.80. The summed E-state index contributed by atoms with van der Waals surface area (Å²) in [5.74, 6) is -0.560. The third kappa shape index (κ3) is 3.75. The molecule has 0 saturated carbocycles. The third-order valence-electron chi connectivity index (χ3n) is 4.18. The molecule has 0 aromatic heterocycles. The van der Waals surface area contributed by atoms with E-state index in [-0.39, 0.29) is 30.0 Å². The van der Waals surface area contributed by atoms with Crippen molar-refractivity contribution in [3.05, 3.63) is 0 Å². The molecule has 0 spiro atoms. The van der Waals surface area contributed by atoms with Crippen molar-refractivity contribution < 1.29 is 18.0 Å². The summed E-state index contributed by atoms with van der Waals surface area (Å²) in [5, 5.41) is 2.86. The first-order chi connectivity index (χ1) is 9.58. The molecule has 1 N–H and O–H groups in total. The minimum absolute atomic E-state index is 0.0652. The highest BCUT2D eigenvalue weighted by molar-refractivity contribution is 7.90. The second-order valence-corrected chi connectivity index (χ2v) is 8.36. The second-order valence-electron chi connectivity index (χ2n) is 6.10. The number of sulfone groups is 1. The van der Waals surface area contributed by atoms with Gasteiger partial charge in [-0.3, -0.25) is 9.59 Å². The molecule has 6 nitrogen and oxygen atoms in total. The molecule has 0 radical (unpaired) electrons. The van der Waals surface area contributed by atoms with Crippen LogP contribution in [-0.4, -0.2) is 55.3 Å². The van der Waals surface area contributed by atoms with E-state index in [0.29, 0.717) is 12.8 Å². The lowest BCUT2D eigenvalue weighted by Gasteiger charge is -2.46. The lowest BCUT2D eigenvalue weighted by Crippen LogP contribution is -2.71. The molecule has 1 rings (SSSR count). The number of rotatable bonds is 6. The van der Waals surface area contributed by atoms with E-state index in [0.717, 1.165) is 6.26 Å². The zero-order valence-electron chi connectivity index (χ0n) is 13.5. The largest absolute Gasteiger partial charge is 0.340 e. The molecule has 0 aromatic carbocycles. The summed E-state index contributed by atoms with van der Waals surface area (Å²) >= 11 is 0. The van der Waals surface area contributed by atoms with Crippen LogP contribution < -0.4 is 5.32 Å². The Morgan fingerprint density at radius 1 is 1.24 bits per heavy atom. The fraction of sp³-hybridized carbons (Fsp3) is 0.857. The van der Waals surface area contributed by atoms with Gasteiger partial charge in [-0.05, 0) is 18.8 Å². The van der Waals surface area contributed by atoms with Gasteiger partial charge in [0.25, 0.3) is 0 Å². The standard InChI is InChI=1S/C14H26N2O4S/c1-6-14(7-2)13(18)16(8-9-21(5,19)20)11(10(3)4)12(17)15-14/h10-11H,6-9H2,1-5H3,(H,15,17). The Morgan fingerprint density at radius 2 is 1.76 bits per heavy atom. The predicted molar refractivity (Wildman–Crippen MR) is 81.5 cm³/mol. The lowest BCUT2D eigenvalue weighted by molar-refractivity contribution is -0.157. The van der Waals surface area contributed by atoms with Crippen LogP contribution in [0.5, 0.6) is 0 Å². The molecule has 1 atom stereocenters. The molecule has 1 unspecified atom stereocenters. The Morgan fingerprint density at radius 3 is 2.14 bits per heavy atom. The van der Waals surface area contributed by atoms with Crippen LogP contribution in [-0.2, 0) is 19.4 Å². The first-order valence-corrected chi connectivity index (χ1v) is 9.45. The SMILES string of the molecule is CCC1(CC)NC(=O)C(C(C)C)N(CCS(C)(=O)=O)C1=O. The van der Waals surface area contributed by atoms with Crippen molar-refractivity contribution in [1.82, 2.24) is 10.2 Å². The van der Waals surface area contributed by atoms with Crippen molar-refractivity contribution in [1.29, 1.82) is 0 Å². The highest BCUT2D eigenvalue weighted by atomic mass is 32.2. The van der Waals surface area contributed by atoms with E-state index in [2.05, 4.69) is 5.32 Å². The first kappa shape index (κ1) is 17.9. The summed E-state index contributed by atoms with van der Waals surface area (Å²) in [7, 11) is -3.19. The maximum Gasteiger partial charge on any atom is 0.249 e. The third-order valence-corrected chi connectivity index (χ3v) is 5.10. The highest BCUT2D eigenvalue weighted by Gasteiger charge is 2.49. The molecule has 1 heterocycles. The monoisotopic (exact) mass is 318 g/mol. The van der Waals surface area contributed by atoms with Gasteiger partial charge in [0.1, 0.15) is 21.4 Å². The molecule has 1 aliphatic rings. The quantitative estimate of drug-likeness (QED) is 0.776. The van der Waals surface area contributed by atoms with Crippen LogP contribution in [0.25, 0.3) is 0 Å². The van der Waals surface area contributed by atoms with E-state index < -0.39 is 21.4 Å². The predicted octanol–water partition coefficient (Wildman–Crippen LogP) is 0.573. The van der Waals surface area contributed by atoms with Gasteiger partial charge >= 0.3 is 0 Å². The molecule has 0 bridgehead atoms. The number of nitrogens with one attached hydrogen (secondary N) is 1. The summed E-state index contributed by atoms with van der Waals surface area (Å²) in [6, 6.07) is -0.606. The molecule has 1 saturated heterocycles. The Kier molecular flexibility index (Phi) is 5.41. The van der Waals surface area contributed by atoms with Gasteiger partial charge in [0, 0.05) is 12.8 Å². The molecule has 21 heavy (non-hydrogen) atoms. The van der Waals surface area contributed by atoms with E-state index in [1.807, 2.05) is 27.7 Å². The molecule has 2 amide bonds. The second kappa shape index (κ2) is 6.34. The Balaban J connectivity index is 3.15. The van der Waals surface area contributed by atoms with Crippen LogP contribution in [0.3, 0.4) is 0 Å². The molecule has 0 aliphatic carbocycles. The zero-order chi connectivity index (χ0) is 16.4. The molecule has 0 aromatic rings. The molecular formula is C14H26N2O4S. The number of piperazine rings is 1. The summed E-state index contributed by atoms with van der Waals surface area (Å²) in [6.07, 6.45) is 2.13. The summed E-state index contributed by atoms with van der Waals surface area (Å²) < 4.78 is 22.8. The van der Waals surface area contributed by atoms with Crippen LogP contribution in [0.15, 0.2) is 0 Å². The van der Waals surface area contributed by atoms with Crippen LogP contribution in [0.4, 0.5) is 0 Å². The van der Waals surface area contributed by atoms with Gasteiger partial charge in [-0.1, -0.05) is 27.7 Å². The van der Waals surface area contributed by atoms with Crippen LogP contribution in [0, 0.1) is 5.92 Å². The Bertz CT molecular complexity index is 509. The van der Waals surface area contributed by atoms with Gasteiger partial charge in [-0.2, -0.15) is 0 Å². The number of amides is 2. The average molecular weight is 318 g/mol. The van der Waals surface area contributed by atoms with Crippen molar-refractivity contribution in [2.75, 3.05) is 18.6 Å². The van der Waals surface area contributed by atoms with Crippen molar-refractivity contribution >= 4 is 21.7 Å². The summed E-state index contributed by atoms with van der Waals surface area (Å²) in [5.41, 5.74) is -0.903. The molecule has 1 fully saturated rings. The highest BCUT2D eigenvalue weighted by Crippen LogP contribution is 2.27. The number of hydrogen-bond acceptors (Lipinski definition) is 4. The number of nitrogens with zero attached hydrogens (tertiary/aromatic N) is 1. The number of carbonyl (C=O) groups is 2. The first-order valence-electron chi connectivity index (χ1n) is 7.38. The summed E-state index contributed by atoms with van der Waals surface area (Å²) in [6.45, 7) is 7.49. The number of carbonyl (C=O) groups excluding carboxylic acids is 2. The van der Waals surface area contributed by atoms with E-state index in [1.165, 1.54) is 4.90 Å². The fourth-order valence-corrected chi connectivity index (χ4v) is 3.33. The van der Waals surface area contributed by atoms with Crippen molar-refractivity contribution in [3.8, 4) is 0 Å². The van der Waals surface area contributed by atoms with Crippen LogP contribution >= 0.6 is 0 Å². The van der Waals surface area contributed by atoms with Crippen LogP contribution in [0.2, 0.25) is 0 Å². The minimum Gasteiger partial charge on any atom is -0.340 e. The van der Waals surface area contributed by atoms with Gasteiger partial charge < -0.3 is 10.2 Å². The molecule has 1 aliphatic heterocycles. The maximum atomic E-state index is 12.8. The van der Waals surface area contributed by atoms with Gasteiger partial charge in [-0.15, -0.1) is 0 Å². The van der Waals surface area contributed by atoms with Crippen molar-refractivity contribution in [2.24, 2.45) is 5.92 Å². The molecular weight excluding hydrogens is 292 g/mol.